The summed E-state index contributed by atoms with van der Waals surface area (Å²) < 4.78 is 0. The summed E-state index contributed by atoms with van der Waals surface area (Å²) in [6.07, 6.45) is 7.13. The first kappa shape index (κ1) is 15.0. The average molecular weight is 240 g/mol. The molecule has 102 valence electrons. The van der Waals surface area contributed by atoms with E-state index in [1.165, 1.54) is 32.1 Å². The summed E-state index contributed by atoms with van der Waals surface area (Å²) in [5.74, 6) is 0.726. The minimum absolute atomic E-state index is 0.602. The van der Waals surface area contributed by atoms with Crippen molar-refractivity contribution in [1.82, 2.24) is 10.2 Å². The van der Waals surface area contributed by atoms with Crippen molar-refractivity contribution in [3.05, 3.63) is 0 Å². The number of nitrogens with zero attached hydrogens (tertiary/aromatic N) is 1. The fourth-order valence-corrected chi connectivity index (χ4v) is 2.81. The lowest BCUT2D eigenvalue weighted by Crippen LogP contribution is -2.45. The number of rotatable bonds is 6. The zero-order chi connectivity index (χ0) is 12.8. The fraction of sp³-hybridized carbons (Fsp3) is 1.00. The summed E-state index contributed by atoms with van der Waals surface area (Å²) in [4.78, 5) is 2.63. The number of nitrogens with one attached hydrogen (secondary N) is 1. The predicted octanol–water partition coefficient (Wildman–Crippen LogP) is 3.27. The van der Waals surface area contributed by atoms with Crippen LogP contribution >= 0.6 is 0 Å². The molecule has 1 saturated carbocycles. The fourth-order valence-electron chi connectivity index (χ4n) is 2.81. The van der Waals surface area contributed by atoms with Gasteiger partial charge in [0.2, 0.25) is 0 Å². The Labute approximate surface area is 108 Å². The molecular formula is C15H32N2. The summed E-state index contributed by atoms with van der Waals surface area (Å²) in [7, 11) is 2.33. The zero-order valence-corrected chi connectivity index (χ0v) is 12.5. The third kappa shape index (κ3) is 4.97. The van der Waals surface area contributed by atoms with Crippen molar-refractivity contribution < 1.29 is 0 Å². The van der Waals surface area contributed by atoms with Gasteiger partial charge in [0.15, 0.2) is 0 Å². The van der Waals surface area contributed by atoms with E-state index in [1.54, 1.807) is 0 Å². The number of hydrogen-bond acceptors (Lipinski definition) is 2. The standard InChI is InChI=1S/C15H32N2/c1-12(2)16-11-13(3)14(4)17(5)15-9-7-6-8-10-15/h12-16H,6-11H2,1-5H3. The van der Waals surface area contributed by atoms with Crippen LogP contribution in [0, 0.1) is 5.92 Å². The molecule has 0 aromatic rings. The molecule has 0 bridgehead atoms. The smallest absolute Gasteiger partial charge is 0.0105 e. The van der Waals surface area contributed by atoms with E-state index in [2.05, 4.69) is 45.0 Å². The molecule has 0 amide bonds. The third-order valence-electron chi connectivity index (χ3n) is 4.46. The molecule has 2 atom stereocenters. The molecule has 0 radical (unpaired) electrons. The highest BCUT2D eigenvalue weighted by atomic mass is 15.2. The van der Waals surface area contributed by atoms with Crippen LogP contribution in [0.1, 0.15) is 59.8 Å². The van der Waals surface area contributed by atoms with Crippen LogP contribution in [0.25, 0.3) is 0 Å². The first-order chi connectivity index (χ1) is 8.02. The second-order valence-corrected chi connectivity index (χ2v) is 6.24. The Hall–Kier alpha value is -0.0800. The summed E-state index contributed by atoms with van der Waals surface area (Å²) in [6, 6.07) is 2.12. The second kappa shape index (κ2) is 7.38. The molecule has 0 aromatic heterocycles. The average Bonchev–Trinajstić information content (AvgIpc) is 2.35. The highest BCUT2D eigenvalue weighted by molar-refractivity contribution is 4.80. The maximum absolute atomic E-state index is 3.56. The molecule has 0 spiro atoms. The van der Waals surface area contributed by atoms with Gasteiger partial charge in [0, 0.05) is 18.1 Å². The molecule has 1 N–H and O–H groups in total. The predicted molar refractivity (Wildman–Crippen MR) is 76.4 cm³/mol. The Kier molecular flexibility index (Phi) is 6.50. The number of hydrogen-bond donors (Lipinski definition) is 1. The van der Waals surface area contributed by atoms with Gasteiger partial charge in [-0.2, -0.15) is 0 Å². The lowest BCUT2D eigenvalue weighted by molar-refractivity contribution is 0.112. The van der Waals surface area contributed by atoms with Crippen LogP contribution in [-0.4, -0.2) is 36.6 Å². The molecular weight excluding hydrogens is 208 g/mol. The molecule has 17 heavy (non-hydrogen) atoms. The van der Waals surface area contributed by atoms with Crippen molar-refractivity contribution in [2.24, 2.45) is 5.92 Å². The van der Waals surface area contributed by atoms with E-state index in [4.69, 9.17) is 0 Å². The van der Waals surface area contributed by atoms with Gasteiger partial charge in [-0.1, -0.05) is 40.0 Å². The molecule has 1 aliphatic rings. The van der Waals surface area contributed by atoms with Crippen molar-refractivity contribution in [2.45, 2.75) is 77.9 Å². The maximum atomic E-state index is 3.56. The molecule has 2 heteroatoms. The van der Waals surface area contributed by atoms with Gasteiger partial charge in [-0.3, -0.25) is 0 Å². The van der Waals surface area contributed by atoms with Crippen LogP contribution in [0.4, 0.5) is 0 Å². The minimum atomic E-state index is 0.602. The van der Waals surface area contributed by atoms with E-state index in [1.807, 2.05) is 0 Å². The topological polar surface area (TPSA) is 15.3 Å². The summed E-state index contributed by atoms with van der Waals surface area (Å²) in [5, 5.41) is 3.56. The van der Waals surface area contributed by atoms with Gasteiger partial charge in [-0.15, -0.1) is 0 Å². The monoisotopic (exact) mass is 240 g/mol. The van der Waals surface area contributed by atoms with Crippen LogP contribution in [0.15, 0.2) is 0 Å². The molecule has 0 heterocycles. The first-order valence-electron chi connectivity index (χ1n) is 7.47. The first-order valence-corrected chi connectivity index (χ1v) is 7.47. The lowest BCUT2D eigenvalue weighted by atomic mass is 9.91. The van der Waals surface area contributed by atoms with Gasteiger partial charge in [0.1, 0.15) is 0 Å². The van der Waals surface area contributed by atoms with Crippen molar-refractivity contribution in [1.29, 1.82) is 0 Å². The van der Waals surface area contributed by atoms with Gasteiger partial charge in [-0.25, -0.2) is 0 Å². The SMILES string of the molecule is CC(C)NCC(C)C(C)N(C)C1CCCCC1. The molecule has 1 rings (SSSR count). The van der Waals surface area contributed by atoms with Crippen molar-refractivity contribution in [3.8, 4) is 0 Å². The van der Waals surface area contributed by atoms with Crippen LogP contribution in [0.5, 0.6) is 0 Å². The molecule has 0 saturated heterocycles. The largest absolute Gasteiger partial charge is 0.314 e. The molecule has 1 fully saturated rings. The molecule has 0 aromatic carbocycles. The van der Waals surface area contributed by atoms with Crippen LogP contribution in [0.2, 0.25) is 0 Å². The van der Waals surface area contributed by atoms with Crippen LogP contribution < -0.4 is 5.32 Å². The third-order valence-corrected chi connectivity index (χ3v) is 4.46. The van der Waals surface area contributed by atoms with E-state index in [-0.39, 0.29) is 0 Å². The second-order valence-electron chi connectivity index (χ2n) is 6.24. The van der Waals surface area contributed by atoms with E-state index >= 15 is 0 Å². The van der Waals surface area contributed by atoms with Gasteiger partial charge in [-0.05, 0) is 39.3 Å². The Morgan fingerprint density at radius 3 is 2.18 bits per heavy atom. The maximum Gasteiger partial charge on any atom is 0.0105 e. The summed E-state index contributed by atoms with van der Waals surface area (Å²) in [5.41, 5.74) is 0. The van der Waals surface area contributed by atoms with E-state index in [9.17, 15) is 0 Å². The van der Waals surface area contributed by atoms with E-state index in [0.29, 0.717) is 12.1 Å². The Morgan fingerprint density at radius 2 is 1.65 bits per heavy atom. The van der Waals surface area contributed by atoms with Crippen molar-refractivity contribution >= 4 is 0 Å². The quantitative estimate of drug-likeness (QED) is 0.766. The summed E-state index contributed by atoms with van der Waals surface area (Å²) in [6.45, 7) is 10.3. The Morgan fingerprint density at radius 1 is 1.06 bits per heavy atom. The highest BCUT2D eigenvalue weighted by Gasteiger charge is 2.24. The lowest BCUT2D eigenvalue weighted by Gasteiger charge is -2.38. The van der Waals surface area contributed by atoms with Crippen LogP contribution in [0.3, 0.4) is 0 Å². The highest BCUT2D eigenvalue weighted by Crippen LogP contribution is 2.24. The van der Waals surface area contributed by atoms with E-state index < -0.39 is 0 Å². The molecule has 0 aliphatic heterocycles. The molecule has 1 aliphatic carbocycles. The Balaban J connectivity index is 2.35. The molecule has 2 unspecified atom stereocenters. The minimum Gasteiger partial charge on any atom is -0.314 e. The van der Waals surface area contributed by atoms with Gasteiger partial charge in [0.05, 0.1) is 0 Å². The summed E-state index contributed by atoms with van der Waals surface area (Å²) >= 11 is 0. The Bertz CT molecular complexity index is 197. The van der Waals surface area contributed by atoms with E-state index in [0.717, 1.165) is 18.5 Å². The zero-order valence-electron chi connectivity index (χ0n) is 12.5. The molecule has 2 nitrogen and oxygen atoms in total. The van der Waals surface area contributed by atoms with Gasteiger partial charge < -0.3 is 10.2 Å². The van der Waals surface area contributed by atoms with Crippen molar-refractivity contribution in [2.75, 3.05) is 13.6 Å². The van der Waals surface area contributed by atoms with Crippen molar-refractivity contribution in [3.63, 3.8) is 0 Å². The normalized spacial score (nSPS) is 22.1. The van der Waals surface area contributed by atoms with Gasteiger partial charge >= 0.3 is 0 Å². The van der Waals surface area contributed by atoms with Crippen LogP contribution in [-0.2, 0) is 0 Å². The van der Waals surface area contributed by atoms with Gasteiger partial charge in [0.25, 0.3) is 0 Å².